The monoisotopic (exact) mass is 478 g/mol. The molecule has 0 unspecified atom stereocenters. The van der Waals surface area contributed by atoms with Crippen LogP contribution in [0.3, 0.4) is 0 Å². The molecule has 1 saturated heterocycles. The predicted molar refractivity (Wildman–Crippen MR) is 127 cm³/mol. The van der Waals surface area contributed by atoms with Gasteiger partial charge in [0.05, 0.1) is 6.20 Å². The van der Waals surface area contributed by atoms with Gasteiger partial charge in [-0.3, -0.25) is 14.2 Å². The summed E-state index contributed by atoms with van der Waals surface area (Å²) in [7, 11) is 1.71. The van der Waals surface area contributed by atoms with Crippen molar-refractivity contribution in [1.29, 1.82) is 0 Å². The highest BCUT2D eigenvalue weighted by Crippen LogP contribution is 2.21. The van der Waals surface area contributed by atoms with Gasteiger partial charge in [-0.15, -0.1) is 0 Å². The van der Waals surface area contributed by atoms with Gasteiger partial charge in [-0.05, 0) is 37.1 Å². The van der Waals surface area contributed by atoms with E-state index >= 15 is 0 Å². The normalized spacial score (nSPS) is 14.1. The lowest BCUT2D eigenvalue weighted by atomic mass is 10.1. The summed E-state index contributed by atoms with van der Waals surface area (Å²) in [6, 6.07) is 7.51. The standard InChI is InChI=1S/C23H23FN8O3/c1-25-19-12-18(29-17-5-3-9-31(23(17)34)21-16(24)4-2-8-26-21)30-20-15(13-27-32(19)20)22(33)28-14-6-10-35-11-7-14/h2-5,8-9,12-14,25H,6-7,10-11H2,1H3,(H,28,33)(H,29,30). The zero-order valence-corrected chi connectivity index (χ0v) is 18.9. The molecule has 0 bridgehead atoms. The number of carbonyl (C=O) groups is 1. The minimum absolute atomic E-state index is 0.0195. The number of rotatable bonds is 6. The quantitative estimate of drug-likeness (QED) is 0.385. The molecule has 1 fully saturated rings. The Bertz CT molecular complexity index is 1440. The zero-order chi connectivity index (χ0) is 24.4. The maximum Gasteiger partial charge on any atom is 0.280 e. The highest BCUT2D eigenvalue weighted by Gasteiger charge is 2.22. The average molecular weight is 478 g/mol. The van der Waals surface area contributed by atoms with Crippen LogP contribution in [0.2, 0.25) is 0 Å². The van der Waals surface area contributed by atoms with Gasteiger partial charge in [-0.1, -0.05) is 0 Å². The second-order valence-electron chi connectivity index (χ2n) is 7.96. The van der Waals surface area contributed by atoms with Gasteiger partial charge in [-0.2, -0.15) is 9.61 Å². The van der Waals surface area contributed by atoms with Crippen LogP contribution in [0.4, 0.5) is 21.7 Å². The zero-order valence-electron chi connectivity index (χ0n) is 18.9. The van der Waals surface area contributed by atoms with Gasteiger partial charge in [0.25, 0.3) is 11.5 Å². The molecule has 1 aliphatic heterocycles. The van der Waals surface area contributed by atoms with Crippen LogP contribution in [0.5, 0.6) is 0 Å². The van der Waals surface area contributed by atoms with Crippen LogP contribution in [-0.4, -0.2) is 56.4 Å². The molecule has 180 valence electrons. The summed E-state index contributed by atoms with van der Waals surface area (Å²) in [6.07, 6.45) is 5.78. The molecule has 4 aromatic heterocycles. The van der Waals surface area contributed by atoms with Crippen molar-refractivity contribution in [2.45, 2.75) is 18.9 Å². The van der Waals surface area contributed by atoms with Crippen molar-refractivity contribution in [2.75, 3.05) is 30.9 Å². The van der Waals surface area contributed by atoms with Crippen molar-refractivity contribution in [3.63, 3.8) is 0 Å². The second kappa shape index (κ2) is 9.50. The van der Waals surface area contributed by atoms with E-state index in [1.165, 1.54) is 35.2 Å². The molecule has 3 N–H and O–H groups in total. The van der Waals surface area contributed by atoms with E-state index in [1.807, 2.05) is 0 Å². The van der Waals surface area contributed by atoms with E-state index in [0.29, 0.717) is 36.1 Å². The van der Waals surface area contributed by atoms with E-state index in [9.17, 15) is 14.0 Å². The molecule has 35 heavy (non-hydrogen) atoms. The Labute approximate surface area is 199 Å². The molecule has 0 aromatic carbocycles. The number of amides is 1. The molecule has 11 nitrogen and oxygen atoms in total. The van der Waals surface area contributed by atoms with E-state index in [0.717, 1.165) is 17.4 Å². The number of aromatic nitrogens is 5. The predicted octanol–water partition coefficient (Wildman–Crippen LogP) is 2.11. The van der Waals surface area contributed by atoms with E-state index in [-0.39, 0.29) is 23.5 Å². The third-order valence-corrected chi connectivity index (χ3v) is 5.71. The van der Waals surface area contributed by atoms with Crippen molar-refractivity contribution >= 4 is 28.9 Å². The lowest BCUT2D eigenvalue weighted by Gasteiger charge is -2.22. The Morgan fingerprint density at radius 2 is 2.06 bits per heavy atom. The lowest BCUT2D eigenvalue weighted by molar-refractivity contribution is 0.0697. The first-order valence-electron chi connectivity index (χ1n) is 11.1. The van der Waals surface area contributed by atoms with Crippen LogP contribution < -0.4 is 21.5 Å². The third kappa shape index (κ3) is 4.43. The van der Waals surface area contributed by atoms with Gasteiger partial charge in [-0.25, -0.2) is 14.4 Å². The highest BCUT2D eigenvalue weighted by molar-refractivity contribution is 6.00. The molecule has 0 atom stereocenters. The molecule has 4 aromatic rings. The second-order valence-corrected chi connectivity index (χ2v) is 7.96. The van der Waals surface area contributed by atoms with E-state index in [1.54, 1.807) is 25.2 Å². The van der Waals surface area contributed by atoms with Crippen LogP contribution in [0, 0.1) is 5.82 Å². The third-order valence-electron chi connectivity index (χ3n) is 5.71. The largest absolute Gasteiger partial charge is 0.381 e. The van der Waals surface area contributed by atoms with Crippen molar-refractivity contribution in [3.8, 4) is 5.82 Å². The Hall–Kier alpha value is -4.32. The van der Waals surface area contributed by atoms with E-state index in [2.05, 4.69) is 31.0 Å². The molecular formula is C23H23FN8O3. The number of halogens is 1. The van der Waals surface area contributed by atoms with Crippen LogP contribution >= 0.6 is 0 Å². The number of pyridine rings is 2. The molecule has 5 rings (SSSR count). The molecule has 0 saturated carbocycles. The fourth-order valence-corrected chi connectivity index (χ4v) is 3.92. The number of carbonyl (C=O) groups excluding carboxylic acids is 1. The van der Waals surface area contributed by atoms with Crippen LogP contribution in [0.25, 0.3) is 11.5 Å². The first kappa shape index (κ1) is 22.5. The van der Waals surface area contributed by atoms with Gasteiger partial charge < -0.3 is 20.7 Å². The molecule has 1 amide bonds. The van der Waals surface area contributed by atoms with Crippen LogP contribution in [0.15, 0.2) is 53.7 Å². The van der Waals surface area contributed by atoms with Crippen molar-refractivity contribution in [3.05, 3.63) is 70.7 Å². The van der Waals surface area contributed by atoms with Gasteiger partial charge in [0.1, 0.15) is 22.9 Å². The summed E-state index contributed by atoms with van der Waals surface area (Å²) in [6.45, 7) is 1.21. The fourth-order valence-electron chi connectivity index (χ4n) is 3.92. The van der Waals surface area contributed by atoms with E-state index in [4.69, 9.17) is 4.74 Å². The smallest absolute Gasteiger partial charge is 0.280 e. The summed E-state index contributed by atoms with van der Waals surface area (Å²) in [4.78, 5) is 34.5. The van der Waals surface area contributed by atoms with Crippen LogP contribution in [0.1, 0.15) is 23.2 Å². The average Bonchev–Trinajstić information content (AvgIpc) is 3.30. The first-order chi connectivity index (χ1) is 17.0. The number of hydrogen-bond acceptors (Lipinski definition) is 8. The summed E-state index contributed by atoms with van der Waals surface area (Å²) in [5.74, 6) is -0.161. The minimum Gasteiger partial charge on any atom is -0.381 e. The van der Waals surface area contributed by atoms with Crippen molar-refractivity contribution in [1.82, 2.24) is 29.5 Å². The maximum atomic E-state index is 14.2. The molecule has 12 heteroatoms. The molecule has 5 heterocycles. The topological polar surface area (TPSA) is 127 Å². The Morgan fingerprint density at radius 3 is 2.83 bits per heavy atom. The van der Waals surface area contributed by atoms with E-state index < -0.39 is 11.4 Å². The van der Waals surface area contributed by atoms with Gasteiger partial charge in [0.15, 0.2) is 17.3 Å². The van der Waals surface area contributed by atoms with Gasteiger partial charge in [0.2, 0.25) is 0 Å². The number of ether oxygens (including phenoxy) is 1. The lowest BCUT2D eigenvalue weighted by Crippen LogP contribution is -2.38. The fraction of sp³-hybridized carbons (Fsp3) is 0.261. The Balaban J connectivity index is 1.49. The van der Waals surface area contributed by atoms with Crippen molar-refractivity contribution < 1.29 is 13.9 Å². The van der Waals surface area contributed by atoms with Crippen LogP contribution in [-0.2, 0) is 4.74 Å². The molecule has 1 aliphatic rings. The Kier molecular flexibility index (Phi) is 6.10. The first-order valence-corrected chi connectivity index (χ1v) is 11.1. The minimum atomic E-state index is -0.622. The Morgan fingerprint density at radius 1 is 1.23 bits per heavy atom. The molecule has 0 aliphatic carbocycles. The number of nitrogens with one attached hydrogen (secondary N) is 3. The van der Waals surface area contributed by atoms with Gasteiger partial charge in [0, 0.05) is 44.8 Å². The summed E-state index contributed by atoms with van der Waals surface area (Å²) >= 11 is 0. The number of nitrogens with zero attached hydrogens (tertiary/aromatic N) is 5. The van der Waals surface area contributed by atoms with Crippen molar-refractivity contribution in [2.24, 2.45) is 0 Å². The number of fused-ring (bicyclic) bond motifs is 1. The highest BCUT2D eigenvalue weighted by atomic mass is 19.1. The number of anilines is 3. The molecule has 0 radical (unpaired) electrons. The number of hydrogen-bond donors (Lipinski definition) is 3. The SMILES string of the molecule is CNc1cc(Nc2cccn(-c3ncccc3F)c2=O)nc2c(C(=O)NC3CCOCC3)cnn12. The molecular weight excluding hydrogens is 455 g/mol. The summed E-state index contributed by atoms with van der Waals surface area (Å²) in [5.41, 5.74) is 0.265. The molecule has 0 spiro atoms. The summed E-state index contributed by atoms with van der Waals surface area (Å²) in [5, 5.41) is 13.3. The maximum absolute atomic E-state index is 14.2. The van der Waals surface area contributed by atoms with Gasteiger partial charge >= 0.3 is 0 Å². The summed E-state index contributed by atoms with van der Waals surface area (Å²) < 4.78 is 22.2.